The van der Waals surface area contributed by atoms with E-state index in [2.05, 4.69) is 0 Å². The Morgan fingerprint density at radius 3 is 0.571 bits per heavy atom. The van der Waals surface area contributed by atoms with Crippen LogP contribution in [0.4, 0.5) is 4.70 Å². The molecule has 14 heavy (non-hydrogen) atoms. The SMILES string of the molecule is Cl[C@H]1[C@H](Cl)[C@@H](Cl)[C@@H](Cl)[C@H](Cl)[C@H]1Cl.F.[W]. The van der Waals surface area contributed by atoms with Crippen LogP contribution in [0.1, 0.15) is 0 Å². The Morgan fingerprint density at radius 2 is 0.500 bits per heavy atom. The van der Waals surface area contributed by atoms with Gasteiger partial charge in [-0.3, -0.25) is 4.70 Å². The molecule has 8 heteroatoms. The topological polar surface area (TPSA) is 0 Å². The van der Waals surface area contributed by atoms with Gasteiger partial charge in [-0.15, -0.1) is 69.6 Å². The summed E-state index contributed by atoms with van der Waals surface area (Å²) in [5.74, 6) is 0. The van der Waals surface area contributed by atoms with Crippen molar-refractivity contribution in [1.82, 2.24) is 0 Å². The van der Waals surface area contributed by atoms with E-state index < -0.39 is 32.3 Å². The van der Waals surface area contributed by atoms with Gasteiger partial charge < -0.3 is 0 Å². The monoisotopic (exact) mass is 492 g/mol. The normalized spacial score (nSPS) is 47.6. The Labute approximate surface area is 126 Å². The summed E-state index contributed by atoms with van der Waals surface area (Å²) in [6.07, 6.45) is 0. The maximum absolute atomic E-state index is 5.88. The zero-order valence-electron chi connectivity index (χ0n) is 6.55. The van der Waals surface area contributed by atoms with Gasteiger partial charge in [0.25, 0.3) is 0 Å². The van der Waals surface area contributed by atoms with Gasteiger partial charge in [0, 0.05) is 21.1 Å². The molecule has 1 fully saturated rings. The van der Waals surface area contributed by atoms with Gasteiger partial charge in [-0.05, 0) is 0 Å². The molecule has 0 aromatic rings. The Balaban J connectivity index is 0. The molecule has 86 valence electrons. The summed E-state index contributed by atoms with van der Waals surface area (Å²) in [7, 11) is 0. The third-order valence-electron chi connectivity index (χ3n) is 1.83. The zero-order valence-corrected chi connectivity index (χ0v) is 14.0. The summed E-state index contributed by atoms with van der Waals surface area (Å²) < 4.78 is 0. The summed E-state index contributed by atoms with van der Waals surface area (Å²) in [4.78, 5) is 0. The predicted octanol–water partition coefficient (Wildman–Crippen LogP) is 3.79. The average Bonchev–Trinajstić information content (AvgIpc) is 2.08. The number of hydrogen-bond acceptors (Lipinski definition) is 0. The van der Waals surface area contributed by atoms with Crippen LogP contribution in [0, 0.1) is 0 Å². The fourth-order valence-corrected chi connectivity index (χ4v) is 3.38. The molecule has 0 nitrogen and oxygen atoms in total. The summed E-state index contributed by atoms with van der Waals surface area (Å²) in [5.41, 5.74) is 0. The Morgan fingerprint density at radius 1 is 0.429 bits per heavy atom. The van der Waals surface area contributed by atoms with Crippen LogP contribution in [0.15, 0.2) is 0 Å². The molecule has 0 unspecified atom stereocenters. The quantitative estimate of drug-likeness (QED) is 0.450. The molecule has 0 radical (unpaired) electrons. The standard InChI is InChI=1S/C6H6Cl6.FH.W/c7-1-2(8)4(10)6(12)5(11)3(1)9;;/h1-6H;1H;/t1-,2-,3-,4+,5+,6+;;. The van der Waals surface area contributed by atoms with Crippen molar-refractivity contribution in [3.05, 3.63) is 0 Å². The maximum atomic E-state index is 5.88. The van der Waals surface area contributed by atoms with Crippen molar-refractivity contribution >= 4 is 69.6 Å². The molecule has 0 aromatic carbocycles. The molecule has 0 aromatic heterocycles. The van der Waals surface area contributed by atoms with Crippen molar-refractivity contribution < 1.29 is 25.8 Å². The molecule has 1 aliphatic carbocycles. The molecule has 0 atom stereocenters. The first kappa shape index (κ1) is 18.7. The van der Waals surface area contributed by atoms with Gasteiger partial charge in [0.05, 0.1) is 32.3 Å². The summed E-state index contributed by atoms with van der Waals surface area (Å²) in [5, 5.41) is -2.62. The molecule has 1 rings (SSSR count). The summed E-state index contributed by atoms with van der Waals surface area (Å²) in [6, 6.07) is 0. The van der Waals surface area contributed by atoms with Gasteiger partial charge in [-0.1, -0.05) is 0 Å². The van der Waals surface area contributed by atoms with Crippen molar-refractivity contribution in [2.75, 3.05) is 0 Å². The van der Waals surface area contributed by atoms with Crippen LogP contribution in [0.25, 0.3) is 0 Å². The Kier molecular flexibility index (Phi) is 10.2. The summed E-state index contributed by atoms with van der Waals surface area (Å²) >= 11 is 35.3. The van der Waals surface area contributed by atoms with Crippen molar-refractivity contribution in [3.8, 4) is 0 Å². The molecule has 0 heterocycles. The molecular formula is C6H7Cl6FW. The smallest absolute Gasteiger partial charge is 0.0693 e. The van der Waals surface area contributed by atoms with E-state index >= 15 is 0 Å². The number of alkyl halides is 6. The summed E-state index contributed by atoms with van der Waals surface area (Å²) in [6.45, 7) is 0. The maximum Gasteiger partial charge on any atom is 0.0693 e. The van der Waals surface area contributed by atoms with E-state index in [0.717, 1.165) is 0 Å². The fraction of sp³-hybridized carbons (Fsp3) is 1.00. The fourth-order valence-electron chi connectivity index (χ4n) is 1.05. The molecular weight excluding hydrogens is 488 g/mol. The molecule has 0 amide bonds. The second-order valence-electron chi connectivity index (χ2n) is 2.67. The minimum atomic E-state index is -0.437. The van der Waals surface area contributed by atoms with Crippen molar-refractivity contribution in [2.24, 2.45) is 0 Å². The second-order valence-corrected chi connectivity index (χ2v) is 5.69. The third-order valence-corrected chi connectivity index (χ3v) is 5.86. The van der Waals surface area contributed by atoms with E-state index in [4.69, 9.17) is 69.6 Å². The first-order chi connectivity index (χ1) is 5.46. The van der Waals surface area contributed by atoms with E-state index in [0.29, 0.717) is 0 Å². The van der Waals surface area contributed by atoms with Crippen molar-refractivity contribution in [1.29, 1.82) is 0 Å². The van der Waals surface area contributed by atoms with Crippen LogP contribution in [0.3, 0.4) is 0 Å². The molecule has 1 saturated carbocycles. The minimum absolute atomic E-state index is 0. The molecule has 0 saturated heterocycles. The van der Waals surface area contributed by atoms with E-state index in [9.17, 15) is 0 Å². The van der Waals surface area contributed by atoms with Gasteiger partial charge in [-0.2, -0.15) is 0 Å². The molecule has 1 aliphatic rings. The van der Waals surface area contributed by atoms with Gasteiger partial charge >= 0.3 is 0 Å². The Bertz CT molecular complexity index is 114. The molecule has 0 aliphatic heterocycles. The van der Waals surface area contributed by atoms with E-state index in [1.807, 2.05) is 0 Å². The van der Waals surface area contributed by atoms with Crippen molar-refractivity contribution in [3.63, 3.8) is 0 Å². The zero-order chi connectivity index (χ0) is 9.46. The van der Waals surface area contributed by atoms with Crippen LogP contribution >= 0.6 is 69.6 Å². The van der Waals surface area contributed by atoms with Crippen LogP contribution < -0.4 is 0 Å². The Hall–Kier alpha value is 2.36. The third kappa shape index (κ3) is 3.69. The van der Waals surface area contributed by atoms with Crippen LogP contribution in [0.2, 0.25) is 0 Å². The van der Waals surface area contributed by atoms with Gasteiger partial charge in [0.1, 0.15) is 0 Å². The minimum Gasteiger partial charge on any atom is -0.269 e. The van der Waals surface area contributed by atoms with Crippen LogP contribution in [-0.4, -0.2) is 32.3 Å². The van der Waals surface area contributed by atoms with E-state index in [-0.39, 0.29) is 25.8 Å². The van der Waals surface area contributed by atoms with Gasteiger partial charge in [0.2, 0.25) is 0 Å². The van der Waals surface area contributed by atoms with Gasteiger partial charge in [-0.25, -0.2) is 0 Å². The van der Waals surface area contributed by atoms with E-state index in [1.54, 1.807) is 0 Å². The first-order valence-corrected chi connectivity index (χ1v) is 5.93. The number of hydrogen-bond donors (Lipinski definition) is 0. The second kappa shape index (κ2) is 7.64. The molecule has 0 bridgehead atoms. The molecule has 0 N–H and O–H groups in total. The van der Waals surface area contributed by atoms with Crippen molar-refractivity contribution in [2.45, 2.75) is 32.3 Å². The van der Waals surface area contributed by atoms with Gasteiger partial charge in [0.15, 0.2) is 0 Å². The van der Waals surface area contributed by atoms with Crippen LogP contribution in [-0.2, 0) is 21.1 Å². The number of halogens is 7. The van der Waals surface area contributed by atoms with Crippen LogP contribution in [0.5, 0.6) is 0 Å². The largest absolute Gasteiger partial charge is 0.269 e. The predicted molar refractivity (Wildman–Crippen MR) is 60.3 cm³/mol. The number of rotatable bonds is 0. The molecule has 0 spiro atoms. The van der Waals surface area contributed by atoms with E-state index in [1.165, 1.54) is 0 Å². The first-order valence-electron chi connectivity index (χ1n) is 3.31. The average molecular weight is 495 g/mol.